The number of aromatic nitrogens is 1. The average molecular weight is 439 g/mol. The van der Waals surface area contributed by atoms with Crippen LogP contribution in [0, 0.1) is 5.82 Å². The van der Waals surface area contributed by atoms with Gasteiger partial charge in [0, 0.05) is 11.1 Å². The number of aromatic amines is 1. The van der Waals surface area contributed by atoms with Gasteiger partial charge in [0.1, 0.15) is 22.8 Å². The molecule has 0 spiro atoms. The number of hydrogen-bond donors (Lipinski definition) is 4. The van der Waals surface area contributed by atoms with Crippen LogP contribution in [0.1, 0.15) is 26.3 Å². The number of nitrogens with one attached hydrogen (secondary N) is 1. The predicted molar refractivity (Wildman–Crippen MR) is 83.5 cm³/mol. The van der Waals surface area contributed by atoms with Gasteiger partial charge in [-0.25, -0.2) is 14.0 Å². The normalized spacial score (nSPS) is 11.4. The smallest absolute Gasteiger partial charge is 0.417 e. The molecule has 12 heteroatoms. The van der Waals surface area contributed by atoms with Gasteiger partial charge in [0.05, 0.1) is 10.0 Å². The van der Waals surface area contributed by atoms with Gasteiger partial charge >= 0.3 is 18.1 Å². The number of H-pyrrole nitrogens is 1. The fourth-order valence-electron chi connectivity index (χ4n) is 2.33. The third kappa shape index (κ3) is 3.14. The lowest BCUT2D eigenvalue weighted by Gasteiger charge is -2.18. The van der Waals surface area contributed by atoms with Crippen molar-refractivity contribution in [3.8, 4) is 11.1 Å². The fourth-order valence-corrected chi connectivity index (χ4v) is 2.66. The van der Waals surface area contributed by atoms with Crippen molar-refractivity contribution in [1.29, 1.82) is 0 Å². The van der Waals surface area contributed by atoms with Crippen molar-refractivity contribution < 1.29 is 37.4 Å². The molecule has 5 N–H and O–H groups in total. The zero-order valence-corrected chi connectivity index (χ0v) is 13.8. The van der Waals surface area contributed by atoms with E-state index in [9.17, 15) is 42.2 Å². The van der Waals surface area contributed by atoms with Crippen LogP contribution in [0.25, 0.3) is 11.1 Å². The van der Waals surface area contributed by atoms with Gasteiger partial charge in [-0.05, 0) is 28.1 Å². The van der Waals surface area contributed by atoms with Crippen LogP contribution in [0.2, 0.25) is 0 Å². The first-order chi connectivity index (χ1) is 11.9. The van der Waals surface area contributed by atoms with Crippen LogP contribution < -0.4 is 11.3 Å². The zero-order chi connectivity index (χ0) is 20.0. The van der Waals surface area contributed by atoms with E-state index in [0.29, 0.717) is 12.1 Å². The lowest BCUT2D eigenvalue weighted by atomic mass is 9.91. The van der Waals surface area contributed by atoms with E-state index >= 15 is 0 Å². The Bertz CT molecular complexity index is 1000. The molecule has 0 aliphatic heterocycles. The number of carboxylic acids is 2. The Kier molecular flexibility index (Phi) is 4.82. The second-order valence-electron chi connectivity index (χ2n) is 4.88. The minimum atomic E-state index is -5.18. The fraction of sp³-hybridized carbons (Fsp3) is 0.0714. The molecule has 0 unspecified atom stereocenters. The number of carbonyl (C=O) groups is 2. The maximum atomic E-state index is 14.5. The van der Waals surface area contributed by atoms with E-state index in [1.54, 1.807) is 4.98 Å². The molecule has 0 atom stereocenters. The summed E-state index contributed by atoms with van der Waals surface area (Å²) in [5, 5.41) is 18.4. The molecule has 1 aromatic carbocycles. The average Bonchev–Trinajstić information content (AvgIpc) is 2.46. The molecular formula is C14H7BrF4N2O5. The van der Waals surface area contributed by atoms with E-state index in [-0.39, 0.29) is 0 Å². The second kappa shape index (κ2) is 6.44. The van der Waals surface area contributed by atoms with Crippen molar-refractivity contribution in [3.63, 3.8) is 0 Å². The Morgan fingerprint density at radius 3 is 2.08 bits per heavy atom. The zero-order valence-electron chi connectivity index (χ0n) is 12.2. The number of anilines is 1. The lowest BCUT2D eigenvalue weighted by molar-refractivity contribution is -0.137. The molecule has 2 rings (SSSR count). The summed E-state index contributed by atoms with van der Waals surface area (Å²) in [6.45, 7) is 0. The molecule has 26 heavy (non-hydrogen) atoms. The maximum Gasteiger partial charge on any atom is 0.417 e. The summed E-state index contributed by atoms with van der Waals surface area (Å²) in [6, 6.07) is 1.12. The molecule has 7 nitrogen and oxygen atoms in total. The van der Waals surface area contributed by atoms with Crippen LogP contribution >= 0.6 is 15.9 Å². The first-order valence-electron chi connectivity index (χ1n) is 6.45. The summed E-state index contributed by atoms with van der Waals surface area (Å²) < 4.78 is 54.0. The number of benzene rings is 1. The van der Waals surface area contributed by atoms with Crippen LogP contribution in [-0.4, -0.2) is 27.1 Å². The molecule has 1 heterocycles. The third-order valence-electron chi connectivity index (χ3n) is 3.32. The minimum absolute atomic E-state index is 0.414. The highest BCUT2D eigenvalue weighted by atomic mass is 79.9. The topological polar surface area (TPSA) is 133 Å². The van der Waals surface area contributed by atoms with E-state index in [4.69, 9.17) is 5.73 Å². The molecule has 0 fully saturated rings. The van der Waals surface area contributed by atoms with E-state index in [1.807, 2.05) is 0 Å². The number of halogens is 5. The van der Waals surface area contributed by atoms with E-state index in [1.165, 1.54) is 0 Å². The molecule has 1 aromatic heterocycles. The van der Waals surface area contributed by atoms with Crippen molar-refractivity contribution in [3.05, 3.63) is 49.5 Å². The summed E-state index contributed by atoms with van der Waals surface area (Å²) in [5.41, 5.74) is -3.09. The largest absolute Gasteiger partial charge is 0.478 e. The number of carboxylic acid groups (broad SMARTS) is 2. The summed E-state index contributed by atoms with van der Waals surface area (Å²) in [4.78, 5) is 36.4. The van der Waals surface area contributed by atoms with Gasteiger partial charge in [0.25, 0.3) is 5.56 Å². The number of rotatable bonds is 3. The van der Waals surface area contributed by atoms with Crippen molar-refractivity contribution in [2.45, 2.75) is 6.18 Å². The number of alkyl halides is 3. The molecule has 0 radical (unpaired) electrons. The van der Waals surface area contributed by atoms with Gasteiger partial charge in [-0.15, -0.1) is 0 Å². The third-order valence-corrected chi connectivity index (χ3v) is 3.94. The standard InChI is InChI=1S/C14H7BrF4N2O5/c15-4-2-1-3(14(17,18)19)5(9(4)16)6-7(12(23)24)10(20)21-11(22)8(6)13(25)26/h1-2H,(H,23,24)(H,25,26)(H3,20,21,22). The lowest BCUT2D eigenvalue weighted by Crippen LogP contribution is -2.25. The molecule has 0 saturated carbocycles. The van der Waals surface area contributed by atoms with Crippen molar-refractivity contribution in [2.24, 2.45) is 0 Å². The van der Waals surface area contributed by atoms with Crippen LogP contribution in [0.4, 0.5) is 23.4 Å². The summed E-state index contributed by atoms with van der Waals surface area (Å²) >= 11 is 2.65. The van der Waals surface area contributed by atoms with Gasteiger partial charge < -0.3 is 20.9 Å². The van der Waals surface area contributed by atoms with Gasteiger partial charge in [-0.1, -0.05) is 0 Å². The highest BCUT2D eigenvalue weighted by molar-refractivity contribution is 9.10. The number of pyridine rings is 1. The molecule has 0 bridgehead atoms. The Balaban J connectivity index is 3.21. The predicted octanol–water partition coefficient (Wildman–Crippen LogP) is 2.94. The highest BCUT2D eigenvalue weighted by Crippen LogP contribution is 2.43. The van der Waals surface area contributed by atoms with E-state index in [0.717, 1.165) is 0 Å². The molecule has 0 aliphatic carbocycles. The Labute approximate surface area is 149 Å². The van der Waals surface area contributed by atoms with Crippen LogP contribution in [0.15, 0.2) is 21.4 Å². The molecule has 2 aromatic rings. The highest BCUT2D eigenvalue weighted by Gasteiger charge is 2.39. The summed E-state index contributed by atoms with van der Waals surface area (Å²) in [7, 11) is 0. The Morgan fingerprint density at radius 1 is 1.08 bits per heavy atom. The van der Waals surface area contributed by atoms with Gasteiger partial charge in [0.15, 0.2) is 0 Å². The van der Waals surface area contributed by atoms with Crippen molar-refractivity contribution in [1.82, 2.24) is 4.98 Å². The number of hydrogen-bond acceptors (Lipinski definition) is 4. The molecule has 0 saturated heterocycles. The molecule has 138 valence electrons. The molecular weight excluding hydrogens is 432 g/mol. The Morgan fingerprint density at radius 2 is 1.62 bits per heavy atom. The monoisotopic (exact) mass is 438 g/mol. The minimum Gasteiger partial charge on any atom is -0.478 e. The SMILES string of the molecule is Nc1[nH]c(=O)c(C(=O)O)c(-c2c(C(F)(F)F)ccc(Br)c2F)c1C(=O)O. The molecule has 0 amide bonds. The first-order valence-corrected chi connectivity index (χ1v) is 7.25. The first kappa shape index (κ1) is 19.4. The molecule has 0 aliphatic rings. The summed E-state index contributed by atoms with van der Waals surface area (Å²) in [6.07, 6.45) is -5.18. The van der Waals surface area contributed by atoms with Crippen molar-refractivity contribution in [2.75, 3.05) is 5.73 Å². The maximum absolute atomic E-state index is 14.5. The van der Waals surface area contributed by atoms with Crippen LogP contribution in [-0.2, 0) is 6.18 Å². The summed E-state index contributed by atoms with van der Waals surface area (Å²) in [5.74, 6) is -6.54. The Hall–Kier alpha value is -2.89. The quantitative estimate of drug-likeness (QED) is 0.544. The van der Waals surface area contributed by atoms with Crippen LogP contribution in [0.3, 0.4) is 0 Å². The van der Waals surface area contributed by atoms with E-state index in [2.05, 4.69) is 15.9 Å². The number of aromatic carboxylic acids is 2. The van der Waals surface area contributed by atoms with E-state index < -0.39 is 67.6 Å². The van der Waals surface area contributed by atoms with Gasteiger partial charge in [-0.2, -0.15) is 13.2 Å². The number of nitrogens with two attached hydrogens (primary N) is 1. The van der Waals surface area contributed by atoms with Crippen LogP contribution in [0.5, 0.6) is 0 Å². The van der Waals surface area contributed by atoms with Gasteiger partial charge in [-0.3, -0.25) is 4.79 Å². The number of nitrogen functional groups attached to an aromatic ring is 1. The second-order valence-corrected chi connectivity index (χ2v) is 5.74. The van der Waals surface area contributed by atoms with Crippen molar-refractivity contribution >= 4 is 33.7 Å². The van der Waals surface area contributed by atoms with Gasteiger partial charge in [0.2, 0.25) is 0 Å².